The highest BCUT2D eigenvalue weighted by atomic mass is 15.1. The number of para-hydroxylation sites is 1. The predicted octanol–water partition coefficient (Wildman–Crippen LogP) is 13.1. The van der Waals surface area contributed by atoms with Crippen molar-refractivity contribution in [2.75, 3.05) is 0 Å². The first-order valence-corrected chi connectivity index (χ1v) is 19.8. The third-order valence-corrected chi connectivity index (χ3v) is 12.8. The average Bonchev–Trinajstić information content (AvgIpc) is 3.83. The van der Waals surface area contributed by atoms with Crippen molar-refractivity contribution in [2.45, 2.75) is 24.7 Å². The molecule has 0 bridgehead atoms. The Morgan fingerprint density at radius 2 is 1.02 bits per heavy atom. The lowest BCUT2D eigenvalue weighted by molar-refractivity contribution is 0.635. The molecule has 2 aliphatic rings. The van der Waals surface area contributed by atoms with E-state index in [0.29, 0.717) is 0 Å². The zero-order valence-electron chi connectivity index (χ0n) is 31.7. The van der Waals surface area contributed by atoms with E-state index >= 15 is 0 Å². The third kappa shape index (κ3) is 4.31. The van der Waals surface area contributed by atoms with E-state index in [2.05, 4.69) is 206 Å². The highest BCUT2D eigenvalue weighted by Gasteiger charge is 2.46. The molecule has 2 heterocycles. The van der Waals surface area contributed by atoms with E-state index in [1.54, 1.807) is 0 Å². The van der Waals surface area contributed by atoms with Gasteiger partial charge >= 0.3 is 0 Å². The van der Waals surface area contributed by atoms with E-state index in [-0.39, 0.29) is 5.41 Å². The minimum absolute atomic E-state index is 0.317. The molecule has 2 aliphatic carbocycles. The number of hydrogen-bond donors (Lipinski definition) is 0. The van der Waals surface area contributed by atoms with Gasteiger partial charge < -0.3 is 0 Å². The lowest BCUT2D eigenvalue weighted by atomic mass is 9.67. The summed E-state index contributed by atoms with van der Waals surface area (Å²) in [7, 11) is 0. The van der Waals surface area contributed by atoms with Crippen LogP contribution in [-0.4, -0.2) is 14.5 Å². The highest BCUT2D eigenvalue weighted by molar-refractivity contribution is 6.14. The Morgan fingerprint density at radius 1 is 0.421 bits per heavy atom. The van der Waals surface area contributed by atoms with Crippen LogP contribution in [0.2, 0.25) is 0 Å². The van der Waals surface area contributed by atoms with Crippen LogP contribution < -0.4 is 0 Å². The number of aromatic nitrogens is 3. The van der Waals surface area contributed by atoms with Crippen LogP contribution >= 0.6 is 0 Å². The highest BCUT2D eigenvalue weighted by Crippen LogP contribution is 2.57. The van der Waals surface area contributed by atoms with Crippen LogP contribution in [-0.2, 0) is 10.8 Å². The first kappa shape index (κ1) is 32.2. The van der Waals surface area contributed by atoms with Gasteiger partial charge in [-0.1, -0.05) is 178 Å². The first-order chi connectivity index (χ1) is 28.0. The summed E-state index contributed by atoms with van der Waals surface area (Å²) in [5.74, 6) is 0.839. The summed E-state index contributed by atoms with van der Waals surface area (Å²) in [4.78, 5) is 11.5. The van der Waals surface area contributed by atoms with Gasteiger partial charge in [-0.2, -0.15) is 0 Å². The Labute approximate surface area is 331 Å². The van der Waals surface area contributed by atoms with E-state index in [1.807, 2.05) is 0 Å². The molecule has 0 radical (unpaired) electrons. The van der Waals surface area contributed by atoms with Gasteiger partial charge in [0.05, 0.1) is 27.8 Å². The fraction of sp³-hybridized carbons (Fsp3) is 0.0741. The molecule has 57 heavy (non-hydrogen) atoms. The van der Waals surface area contributed by atoms with Crippen LogP contribution in [0.1, 0.15) is 47.4 Å². The topological polar surface area (TPSA) is 30.7 Å². The third-order valence-electron chi connectivity index (χ3n) is 12.8. The second-order valence-electron chi connectivity index (χ2n) is 16.1. The van der Waals surface area contributed by atoms with E-state index in [9.17, 15) is 0 Å². The fourth-order valence-corrected chi connectivity index (χ4v) is 10.2. The maximum atomic E-state index is 5.77. The van der Waals surface area contributed by atoms with Crippen LogP contribution in [0.15, 0.2) is 188 Å². The molecular formula is C54H37N3. The first-order valence-electron chi connectivity index (χ1n) is 19.8. The van der Waals surface area contributed by atoms with E-state index in [0.717, 1.165) is 45.1 Å². The van der Waals surface area contributed by atoms with Crippen LogP contribution in [0.5, 0.6) is 0 Å². The molecule has 0 atom stereocenters. The van der Waals surface area contributed by atoms with Gasteiger partial charge in [0.1, 0.15) is 5.69 Å². The van der Waals surface area contributed by atoms with Gasteiger partial charge in [-0.25, -0.2) is 9.97 Å². The second-order valence-corrected chi connectivity index (χ2v) is 16.1. The molecule has 10 aromatic rings. The van der Waals surface area contributed by atoms with Gasteiger partial charge in [0.2, 0.25) is 0 Å². The molecule has 0 N–H and O–H groups in total. The van der Waals surface area contributed by atoms with Gasteiger partial charge in [0.25, 0.3) is 0 Å². The minimum Gasteiger partial charge on any atom is -0.292 e. The van der Waals surface area contributed by atoms with Gasteiger partial charge in [-0.15, -0.1) is 0 Å². The predicted molar refractivity (Wildman–Crippen MR) is 234 cm³/mol. The summed E-state index contributed by atoms with van der Waals surface area (Å²) in [5.41, 5.74) is 15.3. The van der Waals surface area contributed by atoms with Crippen molar-refractivity contribution in [2.24, 2.45) is 0 Å². The Kier molecular flexibility index (Phi) is 6.61. The number of benzene rings is 8. The molecule has 0 spiro atoms. The minimum atomic E-state index is -0.475. The van der Waals surface area contributed by atoms with Crippen molar-refractivity contribution < 1.29 is 0 Å². The number of nitrogens with zero attached hydrogens (tertiary/aromatic N) is 3. The van der Waals surface area contributed by atoms with Crippen molar-refractivity contribution >= 4 is 32.6 Å². The molecule has 268 valence electrons. The Morgan fingerprint density at radius 3 is 1.77 bits per heavy atom. The van der Waals surface area contributed by atoms with E-state index in [4.69, 9.17) is 9.97 Å². The summed E-state index contributed by atoms with van der Waals surface area (Å²) in [6, 6.07) is 68.7. The number of rotatable bonds is 4. The molecule has 0 fully saturated rings. The van der Waals surface area contributed by atoms with E-state index in [1.165, 1.54) is 60.5 Å². The zero-order chi connectivity index (χ0) is 37.9. The standard InChI is InChI=1S/C54H37N3/c1-53(2)44-26-14-12-25-41(44)50-51(53)55-49(52(56-50)57-47-28-16-13-24-40(47)43-31-34-17-9-10-18-35(34)33-48(43)57)36-29-30-46-42(32-36)39-23-11-15-27-45(39)54(46,37-19-5-3-6-20-37)38-21-7-4-8-22-38/h3-33H,1-2H3. The lowest BCUT2D eigenvalue weighted by Crippen LogP contribution is -2.28. The maximum absolute atomic E-state index is 5.77. The van der Waals surface area contributed by atoms with Gasteiger partial charge in [0.15, 0.2) is 5.82 Å². The molecule has 0 saturated carbocycles. The SMILES string of the molecule is CC1(C)c2ccccc2-c2nc(-n3c4ccccc4c4cc5ccccc5cc43)c(-c3ccc4c(c3)-c3ccccc3C4(c3ccccc3)c3ccccc3)nc21. The molecule has 2 aromatic heterocycles. The summed E-state index contributed by atoms with van der Waals surface area (Å²) >= 11 is 0. The summed E-state index contributed by atoms with van der Waals surface area (Å²) in [5, 5.41) is 4.83. The second kappa shape index (κ2) is 11.7. The molecular weight excluding hydrogens is 691 g/mol. The average molecular weight is 728 g/mol. The normalized spacial score (nSPS) is 14.4. The summed E-state index contributed by atoms with van der Waals surface area (Å²) in [6.07, 6.45) is 0. The van der Waals surface area contributed by atoms with E-state index < -0.39 is 5.41 Å². The lowest BCUT2D eigenvalue weighted by Gasteiger charge is -2.33. The fourth-order valence-electron chi connectivity index (χ4n) is 10.2. The molecule has 0 amide bonds. The van der Waals surface area contributed by atoms with Crippen molar-refractivity contribution in [3.8, 4) is 39.5 Å². The number of fused-ring (bicyclic) bond motifs is 10. The summed E-state index contributed by atoms with van der Waals surface area (Å²) in [6.45, 7) is 4.57. The number of hydrogen-bond acceptors (Lipinski definition) is 2. The van der Waals surface area contributed by atoms with Gasteiger partial charge in [0, 0.05) is 27.3 Å². The van der Waals surface area contributed by atoms with Crippen LogP contribution in [0.3, 0.4) is 0 Å². The van der Waals surface area contributed by atoms with Crippen LogP contribution in [0, 0.1) is 0 Å². The molecule has 8 aromatic carbocycles. The van der Waals surface area contributed by atoms with Crippen LogP contribution in [0.25, 0.3) is 72.0 Å². The largest absolute Gasteiger partial charge is 0.292 e. The van der Waals surface area contributed by atoms with Crippen molar-refractivity contribution in [3.63, 3.8) is 0 Å². The molecule has 12 rings (SSSR count). The zero-order valence-corrected chi connectivity index (χ0v) is 31.7. The van der Waals surface area contributed by atoms with Crippen molar-refractivity contribution in [1.82, 2.24) is 14.5 Å². The maximum Gasteiger partial charge on any atom is 0.165 e. The molecule has 0 aliphatic heterocycles. The van der Waals surface area contributed by atoms with Crippen molar-refractivity contribution in [1.29, 1.82) is 0 Å². The van der Waals surface area contributed by atoms with Crippen LogP contribution in [0.4, 0.5) is 0 Å². The summed E-state index contributed by atoms with van der Waals surface area (Å²) < 4.78 is 2.37. The molecule has 0 unspecified atom stereocenters. The smallest absolute Gasteiger partial charge is 0.165 e. The molecule has 3 heteroatoms. The monoisotopic (exact) mass is 727 g/mol. The quantitative estimate of drug-likeness (QED) is 0.181. The van der Waals surface area contributed by atoms with Crippen molar-refractivity contribution in [3.05, 3.63) is 222 Å². The van der Waals surface area contributed by atoms with Gasteiger partial charge in [-0.3, -0.25) is 4.57 Å². The molecule has 3 nitrogen and oxygen atoms in total. The Balaban J connectivity index is 1.19. The Hall–Kier alpha value is -7.10. The Bertz CT molecular complexity index is 3220. The molecule has 0 saturated heterocycles. The van der Waals surface area contributed by atoms with Gasteiger partial charge in [-0.05, 0) is 74.0 Å².